The molecule has 6 nitrogen and oxygen atoms in total. The topological polar surface area (TPSA) is 86.3 Å². The molecule has 0 aliphatic rings. The van der Waals surface area contributed by atoms with Crippen LogP contribution >= 0.6 is 0 Å². The summed E-state index contributed by atoms with van der Waals surface area (Å²) in [5, 5.41) is 21.0. The molecule has 0 aliphatic carbocycles. The van der Waals surface area contributed by atoms with Crippen molar-refractivity contribution in [1.82, 2.24) is 0 Å². The van der Waals surface area contributed by atoms with E-state index >= 15 is 0 Å². The van der Waals surface area contributed by atoms with E-state index in [1.165, 1.54) is 6.07 Å². The fourth-order valence-corrected chi connectivity index (χ4v) is 1.12. The van der Waals surface area contributed by atoms with Crippen LogP contribution in [0.15, 0.2) is 12.1 Å². The maximum Gasteiger partial charge on any atom is 0.279 e. The first-order valence-electron chi connectivity index (χ1n) is 3.83. The molecule has 6 heteroatoms. The summed E-state index contributed by atoms with van der Waals surface area (Å²) in [7, 11) is 0. The first-order chi connectivity index (χ1) is 6.43. The third-order valence-corrected chi connectivity index (χ3v) is 2.03. The zero-order chi connectivity index (χ0) is 10.9. The van der Waals surface area contributed by atoms with Crippen molar-refractivity contribution in [1.29, 1.82) is 0 Å². The SMILES string of the molecule is Cc1cc([N+](=O)[O-])cc([N+](=O)[O-])c1C. The van der Waals surface area contributed by atoms with Crippen molar-refractivity contribution in [3.05, 3.63) is 43.5 Å². The normalized spacial score (nSPS) is 9.86. The van der Waals surface area contributed by atoms with E-state index in [-0.39, 0.29) is 11.4 Å². The summed E-state index contributed by atoms with van der Waals surface area (Å²) >= 11 is 0. The van der Waals surface area contributed by atoms with Crippen molar-refractivity contribution in [2.75, 3.05) is 0 Å². The molecule has 0 unspecified atom stereocenters. The van der Waals surface area contributed by atoms with Crippen LogP contribution in [0.4, 0.5) is 11.4 Å². The molecule has 0 N–H and O–H groups in total. The van der Waals surface area contributed by atoms with Gasteiger partial charge in [0.15, 0.2) is 0 Å². The number of aryl methyl sites for hydroxylation is 1. The molecule has 0 atom stereocenters. The molecule has 74 valence electrons. The fraction of sp³-hybridized carbons (Fsp3) is 0.250. The Hall–Kier alpha value is -1.98. The predicted octanol–water partition coefficient (Wildman–Crippen LogP) is 2.12. The summed E-state index contributed by atoms with van der Waals surface area (Å²) in [5.41, 5.74) is 0.544. The quantitative estimate of drug-likeness (QED) is 0.535. The van der Waals surface area contributed by atoms with E-state index in [1.54, 1.807) is 13.8 Å². The average Bonchev–Trinajstić information content (AvgIpc) is 2.08. The standard InChI is InChI=1S/C8H8N2O4/c1-5-3-7(9(11)12)4-8(6(5)2)10(13)14/h3-4H,1-2H3. The average molecular weight is 196 g/mol. The van der Waals surface area contributed by atoms with Gasteiger partial charge in [0, 0.05) is 11.6 Å². The van der Waals surface area contributed by atoms with Crippen molar-refractivity contribution < 1.29 is 9.85 Å². The van der Waals surface area contributed by atoms with E-state index in [0.29, 0.717) is 11.1 Å². The number of rotatable bonds is 2. The van der Waals surface area contributed by atoms with Crippen molar-refractivity contribution in [2.24, 2.45) is 0 Å². The highest BCUT2D eigenvalue weighted by molar-refractivity contribution is 5.52. The molecule has 0 heterocycles. The Kier molecular flexibility index (Phi) is 2.46. The smallest absolute Gasteiger partial charge is 0.258 e. The molecule has 0 amide bonds. The van der Waals surface area contributed by atoms with Crippen LogP contribution in [0.25, 0.3) is 0 Å². The van der Waals surface area contributed by atoms with Crippen LogP contribution < -0.4 is 0 Å². The van der Waals surface area contributed by atoms with Gasteiger partial charge >= 0.3 is 0 Å². The second-order valence-electron chi connectivity index (χ2n) is 2.92. The summed E-state index contributed by atoms with van der Waals surface area (Å²) in [5.74, 6) is 0. The van der Waals surface area contributed by atoms with Gasteiger partial charge in [-0.15, -0.1) is 0 Å². The van der Waals surface area contributed by atoms with Gasteiger partial charge in [-0.3, -0.25) is 20.2 Å². The molecule has 0 aromatic heterocycles. The number of nitro benzene ring substituents is 2. The predicted molar refractivity (Wildman–Crippen MR) is 49.2 cm³/mol. The van der Waals surface area contributed by atoms with Crippen LogP contribution in [-0.4, -0.2) is 9.85 Å². The van der Waals surface area contributed by atoms with Crippen molar-refractivity contribution in [3.8, 4) is 0 Å². The van der Waals surface area contributed by atoms with Gasteiger partial charge in [0.2, 0.25) is 0 Å². The van der Waals surface area contributed by atoms with E-state index in [9.17, 15) is 20.2 Å². The van der Waals surface area contributed by atoms with Gasteiger partial charge < -0.3 is 0 Å². The number of non-ortho nitro benzene ring substituents is 1. The Bertz CT molecular complexity index is 414. The summed E-state index contributed by atoms with van der Waals surface area (Å²) in [6.07, 6.45) is 0. The molecule has 1 aromatic carbocycles. The third kappa shape index (κ3) is 1.68. The molecular formula is C8H8N2O4. The van der Waals surface area contributed by atoms with Gasteiger partial charge in [-0.2, -0.15) is 0 Å². The van der Waals surface area contributed by atoms with E-state index in [4.69, 9.17) is 0 Å². The first-order valence-corrected chi connectivity index (χ1v) is 3.83. The minimum atomic E-state index is -0.639. The number of nitrogens with zero attached hydrogens (tertiary/aromatic N) is 2. The minimum absolute atomic E-state index is 0.211. The maximum atomic E-state index is 10.5. The molecule has 0 saturated heterocycles. The van der Waals surface area contributed by atoms with E-state index in [0.717, 1.165) is 6.07 Å². The Morgan fingerprint density at radius 3 is 2.07 bits per heavy atom. The van der Waals surface area contributed by atoms with Gasteiger partial charge in [-0.1, -0.05) is 0 Å². The van der Waals surface area contributed by atoms with Gasteiger partial charge in [0.1, 0.15) is 0 Å². The number of nitro groups is 2. The van der Waals surface area contributed by atoms with Gasteiger partial charge in [-0.25, -0.2) is 0 Å². The molecule has 0 spiro atoms. The lowest BCUT2D eigenvalue weighted by Crippen LogP contribution is -1.97. The molecule has 0 aliphatic heterocycles. The zero-order valence-electron chi connectivity index (χ0n) is 7.68. The second kappa shape index (κ2) is 3.41. The van der Waals surface area contributed by atoms with Crippen molar-refractivity contribution in [3.63, 3.8) is 0 Å². The highest BCUT2D eigenvalue weighted by Gasteiger charge is 2.18. The van der Waals surface area contributed by atoms with Gasteiger partial charge in [0.05, 0.1) is 15.9 Å². The Balaban J connectivity index is 3.43. The van der Waals surface area contributed by atoms with Crippen LogP contribution in [0, 0.1) is 34.1 Å². The number of benzene rings is 1. The van der Waals surface area contributed by atoms with E-state index < -0.39 is 9.85 Å². The number of hydrogen-bond donors (Lipinski definition) is 0. The Morgan fingerprint density at radius 1 is 1.07 bits per heavy atom. The molecule has 1 aromatic rings. The molecule has 1 rings (SSSR count). The third-order valence-electron chi connectivity index (χ3n) is 2.03. The maximum absolute atomic E-state index is 10.5. The summed E-state index contributed by atoms with van der Waals surface area (Å²) in [6.45, 7) is 3.17. The van der Waals surface area contributed by atoms with E-state index in [1.807, 2.05) is 0 Å². The van der Waals surface area contributed by atoms with Crippen LogP contribution in [0.2, 0.25) is 0 Å². The molecular weight excluding hydrogens is 188 g/mol. The minimum Gasteiger partial charge on any atom is -0.258 e. The highest BCUT2D eigenvalue weighted by Crippen LogP contribution is 2.26. The summed E-state index contributed by atoms with van der Waals surface area (Å²) in [4.78, 5) is 19.7. The van der Waals surface area contributed by atoms with Gasteiger partial charge in [0.25, 0.3) is 11.4 Å². The molecule has 0 radical (unpaired) electrons. The monoisotopic (exact) mass is 196 g/mol. The zero-order valence-corrected chi connectivity index (χ0v) is 7.68. The van der Waals surface area contributed by atoms with Crippen LogP contribution in [0.3, 0.4) is 0 Å². The summed E-state index contributed by atoms with van der Waals surface area (Å²) < 4.78 is 0. The van der Waals surface area contributed by atoms with Gasteiger partial charge in [-0.05, 0) is 19.4 Å². The first kappa shape index (κ1) is 10.1. The van der Waals surface area contributed by atoms with Crippen LogP contribution in [0.5, 0.6) is 0 Å². The molecule has 0 fully saturated rings. The fourth-order valence-electron chi connectivity index (χ4n) is 1.12. The number of hydrogen-bond acceptors (Lipinski definition) is 4. The van der Waals surface area contributed by atoms with Crippen LogP contribution in [-0.2, 0) is 0 Å². The lowest BCUT2D eigenvalue weighted by Gasteiger charge is -2.00. The van der Waals surface area contributed by atoms with E-state index in [2.05, 4.69) is 0 Å². The van der Waals surface area contributed by atoms with Crippen molar-refractivity contribution in [2.45, 2.75) is 13.8 Å². The second-order valence-corrected chi connectivity index (χ2v) is 2.92. The largest absolute Gasteiger partial charge is 0.279 e. The summed E-state index contributed by atoms with van der Waals surface area (Å²) in [6, 6.07) is 2.30. The molecule has 14 heavy (non-hydrogen) atoms. The Labute approximate surface area is 79.5 Å². The molecule has 0 saturated carbocycles. The molecule has 0 bridgehead atoms. The van der Waals surface area contributed by atoms with Crippen molar-refractivity contribution >= 4 is 11.4 Å². The lowest BCUT2D eigenvalue weighted by molar-refractivity contribution is -0.394. The Morgan fingerprint density at radius 2 is 1.64 bits per heavy atom. The lowest BCUT2D eigenvalue weighted by atomic mass is 10.1. The van der Waals surface area contributed by atoms with Crippen LogP contribution in [0.1, 0.15) is 11.1 Å². The highest BCUT2D eigenvalue weighted by atomic mass is 16.6.